The van der Waals surface area contributed by atoms with Crippen molar-refractivity contribution in [1.82, 2.24) is 0 Å². The Kier molecular flexibility index (Phi) is 10.4. The standard InChI is InChI=1S/C39H52/c1-3-31(19-20-32-13-7-4-8-14-32)27-35(22-21-33-15-9-5-10-16-33)28-37(24-23-34-17-11-6-12-18-34)39-30(2)36-25-26-38(39)29-36/h4-18,30-31,35-39H,3,19-29H2,1-2H3. The van der Waals surface area contributed by atoms with Gasteiger partial charge in [-0.1, -0.05) is 111 Å². The Hall–Kier alpha value is -2.34. The molecule has 3 aromatic rings. The third-order valence-electron chi connectivity index (χ3n) is 10.8. The van der Waals surface area contributed by atoms with Gasteiger partial charge in [0, 0.05) is 0 Å². The van der Waals surface area contributed by atoms with Crippen LogP contribution in [-0.2, 0) is 19.3 Å². The highest BCUT2D eigenvalue weighted by Crippen LogP contribution is 2.56. The van der Waals surface area contributed by atoms with Gasteiger partial charge in [0.2, 0.25) is 0 Å². The summed E-state index contributed by atoms with van der Waals surface area (Å²) in [5, 5.41) is 0. The van der Waals surface area contributed by atoms with Gasteiger partial charge in [-0.2, -0.15) is 0 Å². The number of hydrogen-bond donors (Lipinski definition) is 0. The van der Waals surface area contributed by atoms with Gasteiger partial charge in [-0.25, -0.2) is 0 Å². The highest BCUT2D eigenvalue weighted by Gasteiger charge is 2.48. The third kappa shape index (κ3) is 7.87. The fourth-order valence-electron chi connectivity index (χ4n) is 8.65. The number of aryl methyl sites for hydroxylation is 3. The van der Waals surface area contributed by atoms with Crippen LogP contribution in [0.2, 0.25) is 0 Å². The lowest BCUT2D eigenvalue weighted by Crippen LogP contribution is -2.30. The Bertz CT molecular complexity index is 1070. The summed E-state index contributed by atoms with van der Waals surface area (Å²) >= 11 is 0. The molecular weight excluding hydrogens is 468 g/mol. The quantitative estimate of drug-likeness (QED) is 0.187. The molecule has 2 bridgehead atoms. The third-order valence-corrected chi connectivity index (χ3v) is 10.8. The molecule has 2 saturated carbocycles. The Morgan fingerprint density at radius 3 is 1.56 bits per heavy atom. The predicted molar refractivity (Wildman–Crippen MR) is 168 cm³/mol. The minimum absolute atomic E-state index is 0.832. The summed E-state index contributed by atoms with van der Waals surface area (Å²) in [6, 6.07) is 33.8. The first kappa shape index (κ1) is 28.2. The van der Waals surface area contributed by atoms with Crippen molar-refractivity contribution in [3.8, 4) is 0 Å². The van der Waals surface area contributed by atoms with Crippen LogP contribution in [0.1, 0.15) is 88.3 Å². The maximum atomic E-state index is 2.62. The minimum Gasteiger partial charge on any atom is -0.0651 e. The van der Waals surface area contributed by atoms with E-state index in [4.69, 9.17) is 0 Å². The van der Waals surface area contributed by atoms with Gasteiger partial charge >= 0.3 is 0 Å². The van der Waals surface area contributed by atoms with E-state index in [1.807, 2.05) is 0 Å². The first-order valence-corrected chi connectivity index (χ1v) is 16.3. The molecule has 0 heteroatoms. The normalized spacial score (nSPS) is 24.5. The zero-order chi connectivity index (χ0) is 26.9. The summed E-state index contributed by atoms with van der Waals surface area (Å²) in [5.74, 6) is 6.44. The van der Waals surface area contributed by atoms with E-state index in [-0.39, 0.29) is 0 Å². The number of rotatable bonds is 15. The van der Waals surface area contributed by atoms with Crippen molar-refractivity contribution >= 4 is 0 Å². The van der Waals surface area contributed by atoms with Crippen LogP contribution in [0.25, 0.3) is 0 Å². The van der Waals surface area contributed by atoms with Crippen LogP contribution in [0.4, 0.5) is 0 Å². The molecular formula is C39H52. The molecule has 5 rings (SSSR count). The van der Waals surface area contributed by atoms with Crippen LogP contribution < -0.4 is 0 Å². The fraction of sp³-hybridized carbons (Fsp3) is 0.538. The van der Waals surface area contributed by atoms with E-state index in [0.717, 1.165) is 41.4 Å². The summed E-state index contributed by atoms with van der Waals surface area (Å²) in [7, 11) is 0. The molecule has 0 spiro atoms. The maximum absolute atomic E-state index is 2.62. The van der Waals surface area contributed by atoms with Crippen molar-refractivity contribution < 1.29 is 0 Å². The summed E-state index contributed by atoms with van der Waals surface area (Å²) in [5.41, 5.74) is 4.57. The predicted octanol–water partition coefficient (Wildman–Crippen LogP) is 10.6. The molecule has 0 aliphatic heterocycles. The van der Waals surface area contributed by atoms with Crippen molar-refractivity contribution in [2.45, 2.75) is 90.9 Å². The van der Waals surface area contributed by atoms with Gasteiger partial charge in [0.05, 0.1) is 0 Å². The highest BCUT2D eigenvalue weighted by molar-refractivity contribution is 5.16. The van der Waals surface area contributed by atoms with Crippen LogP contribution in [-0.4, -0.2) is 0 Å². The molecule has 2 aliphatic rings. The molecule has 208 valence electrons. The van der Waals surface area contributed by atoms with Gasteiger partial charge in [-0.15, -0.1) is 0 Å². The maximum Gasteiger partial charge on any atom is -0.0276 e. The lowest BCUT2D eigenvalue weighted by Gasteiger charge is -2.38. The first-order chi connectivity index (χ1) is 19.2. The van der Waals surface area contributed by atoms with Crippen molar-refractivity contribution in [2.75, 3.05) is 0 Å². The van der Waals surface area contributed by atoms with E-state index in [2.05, 4.69) is 105 Å². The minimum atomic E-state index is 0.832. The Balaban J connectivity index is 1.30. The molecule has 0 amide bonds. The van der Waals surface area contributed by atoms with Crippen molar-refractivity contribution in [3.05, 3.63) is 108 Å². The molecule has 39 heavy (non-hydrogen) atoms. The lowest BCUT2D eigenvalue weighted by molar-refractivity contribution is 0.121. The molecule has 3 aromatic carbocycles. The number of hydrogen-bond acceptors (Lipinski definition) is 0. The number of fused-ring (bicyclic) bond motifs is 2. The molecule has 0 aromatic heterocycles. The van der Waals surface area contributed by atoms with E-state index in [0.29, 0.717) is 0 Å². The van der Waals surface area contributed by atoms with E-state index in [1.165, 1.54) is 93.7 Å². The molecule has 0 heterocycles. The summed E-state index contributed by atoms with van der Waals surface area (Å²) in [6.07, 6.45) is 16.5. The first-order valence-electron chi connectivity index (χ1n) is 16.3. The van der Waals surface area contributed by atoms with E-state index >= 15 is 0 Å². The smallest absolute Gasteiger partial charge is 0.0276 e. The zero-order valence-electron chi connectivity index (χ0n) is 24.7. The Labute approximate surface area is 239 Å². The van der Waals surface area contributed by atoms with Crippen molar-refractivity contribution in [3.63, 3.8) is 0 Å². The van der Waals surface area contributed by atoms with Crippen molar-refractivity contribution in [2.24, 2.45) is 41.4 Å². The van der Waals surface area contributed by atoms with E-state index in [9.17, 15) is 0 Å². The average Bonchev–Trinajstić information content (AvgIpc) is 3.59. The van der Waals surface area contributed by atoms with E-state index in [1.54, 1.807) is 0 Å². The molecule has 0 saturated heterocycles. The number of benzene rings is 3. The molecule has 2 fully saturated rings. The summed E-state index contributed by atoms with van der Waals surface area (Å²) in [6.45, 7) is 5.06. The average molecular weight is 521 g/mol. The lowest BCUT2D eigenvalue weighted by atomic mass is 9.67. The molecule has 0 N–H and O–H groups in total. The highest BCUT2D eigenvalue weighted by atomic mass is 14.5. The largest absolute Gasteiger partial charge is 0.0651 e. The molecule has 0 radical (unpaired) electrons. The Morgan fingerprint density at radius 2 is 1.08 bits per heavy atom. The van der Waals surface area contributed by atoms with Crippen LogP contribution in [0.15, 0.2) is 91.0 Å². The second-order valence-electron chi connectivity index (χ2n) is 13.2. The van der Waals surface area contributed by atoms with Crippen LogP contribution in [0.3, 0.4) is 0 Å². The fourth-order valence-corrected chi connectivity index (χ4v) is 8.65. The summed E-state index contributed by atoms with van der Waals surface area (Å²) < 4.78 is 0. The van der Waals surface area contributed by atoms with Crippen molar-refractivity contribution in [1.29, 1.82) is 0 Å². The SMILES string of the molecule is CCC(CCc1ccccc1)CC(CCc1ccccc1)CC(CCc1ccccc1)C1C2CCC(C2)C1C. The molecule has 2 aliphatic carbocycles. The van der Waals surface area contributed by atoms with Crippen LogP contribution >= 0.6 is 0 Å². The monoisotopic (exact) mass is 520 g/mol. The van der Waals surface area contributed by atoms with Crippen LogP contribution in [0.5, 0.6) is 0 Å². The molecule has 7 unspecified atom stereocenters. The van der Waals surface area contributed by atoms with Gasteiger partial charge in [-0.3, -0.25) is 0 Å². The van der Waals surface area contributed by atoms with Gasteiger partial charge in [0.1, 0.15) is 0 Å². The molecule has 0 nitrogen and oxygen atoms in total. The van der Waals surface area contributed by atoms with Crippen LogP contribution in [0, 0.1) is 41.4 Å². The van der Waals surface area contributed by atoms with E-state index < -0.39 is 0 Å². The van der Waals surface area contributed by atoms with Gasteiger partial charge in [-0.05, 0) is 129 Å². The topological polar surface area (TPSA) is 0 Å². The zero-order valence-corrected chi connectivity index (χ0v) is 24.7. The van der Waals surface area contributed by atoms with Gasteiger partial charge in [0.25, 0.3) is 0 Å². The second-order valence-corrected chi connectivity index (χ2v) is 13.2. The van der Waals surface area contributed by atoms with Gasteiger partial charge < -0.3 is 0 Å². The summed E-state index contributed by atoms with van der Waals surface area (Å²) in [4.78, 5) is 0. The second kappa shape index (κ2) is 14.3. The van der Waals surface area contributed by atoms with Gasteiger partial charge in [0.15, 0.2) is 0 Å². The Morgan fingerprint density at radius 1 is 0.590 bits per heavy atom. The molecule has 7 atom stereocenters.